The number of fused-ring (bicyclic) bond motifs is 1. The third kappa shape index (κ3) is 4.94. The van der Waals surface area contributed by atoms with Crippen molar-refractivity contribution in [2.75, 3.05) is 13.7 Å². The number of methoxy groups -OCH3 is 1. The molecule has 0 N–H and O–H groups in total. The highest BCUT2D eigenvalue weighted by Crippen LogP contribution is 2.37. The molecule has 0 aliphatic carbocycles. The van der Waals surface area contributed by atoms with Gasteiger partial charge in [0, 0.05) is 4.88 Å². The first-order valence-corrected chi connectivity index (χ1v) is 13.1. The third-order valence-corrected chi connectivity index (χ3v) is 7.42. The van der Waals surface area contributed by atoms with Crippen molar-refractivity contribution in [3.8, 4) is 11.5 Å². The zero-order chi connectivity index (χ0) is 25.3. The van der Waals surface area contributed by atoms with Crippen molar-refractivity contribution in [1.29, 1.82) is 0 Å². The molecule has 1 aliphatic rings. The molecule has 0 amide bonds. The topological polar surface area (TPSA) is 79.1 Å². The molecule has 0 bridgehead atoms. The summed E-state index contributed by atoms with van der Waals surface area (Å²) in [7, 11) is 1.54. The van der Waals surface area contributed by atoms with Gasteiger partial charge in [0.25, 0.3) is 5.56 Å². The number of nitrogens with zero attached hydrogens (tertiary/aromatic N) is 2. The first kappa shape index (κ1) is 25.2. The maximum absolute atomic E-state index is 13.6. The highest BCUT2D eigenvalue weighted by molar-refractivity contribution is 7.10. The van der Waals surface area contributed by atoms with E-state index in [2.05, 4.69) is 4.99 Å². The number of carbonyl (C=O) groups excluding carboxylic acids is 1. The molecule has 1 atom stereocenters. The van der Waals surface area contributed by atoms with Crippen LogP contribution in [0.15, 0.2) is 50.7 Å². The Hall–Kier alpha value is -2.88. The Bertz CT molecular complexity index is 1470. The zero-order valence-corrected chi connectivity index (χ0v) is 22.3. The van der Waals surface area contributed by atoms with Gasteiger partial charge in [0.15, 0.2) is 16.3 Å². The maximum Gasteiger partial charge on any atom is 0.338 e. The standard InChI is InChI=1S/C25H25ClN2O5S2/c1-6-32-24(30)20-14(4)27-25-28(21(20)18-8-7-9-34-18)23(29)19(35-25)12-15-10-16(26)22(33-13(2)3)17(11-15)31-5/h7-13,21H,6H2,1-5H3/b19-12-/t21-/m1/s1. The second-order valence-corrected chi connectivity index (χ2v) is 10.4. The Morgan fingerprint density at radius 1 is 1.34 bits per heavy atom. The molecule has 1 aliphatic heterocycles. The van der Waals surface area contributed by atoms with Crippen LogP contribution < -0.4 is 24.4 Å². The first-order chi connectivity index (χ1) is 16.7. The lowest BCUT2D eigenvalue weighted by atomic mass is 10.0. The van der Waals surface area contributed by atoms with Gasteiger partial charge in [-0.3, -0.25) is 9.36 Å². The Balaban J connectivity index is 1.88. The van der Waals surface area contributed by atoms with Crippen LogP contribution in [0.25, 0.3) is 6.08 Å². The number of esters is 1. The summed E-state index contributed by atoms with van der Waals surface area (Å²) in [6.07, 6.45) is 1.66. The summed E-state index contributed by atoms with van der Waals surface area (Å²) in [6, 6.07) is 6.69. The molecule has 0 radical (unpaired) electrons. The Morgan fingerprint density at radius 2 is 2.11 bits per heavy atom. The summed E-state index contributed by atoms with van der Waals surface area (Å²) >= 11 is 9.20. The molecular formula is C25H25ClN2O5S2. The number of hydrogen-bond donors (Lipinski definition) is 0. The van der Waals surface area contributed by atoms with E-state index in [1.807, 2.05) is 31.4 Å². The minimum absolute atomic E-state index is 0.0787. The summed E-state index contributed by atoms with van der Waals surface area (Å²) in [4.78, 5) is 32.4. The number of benzene rings is 1. The third-order valence-electron chi connectivity index (χ3n) is 5.23. The highest BCUT2D eigenvalue weighted by atomic mass is 35.5. The van der Waals surface area contributed by atoms with Crippen molar-refractivity contribution in [2.45, 2.75) is 39.8 Å². The van der Waals surface area contributed by atoms with Crippen LogP contribution in [0.3, 0.4) is 0 Å². The lowest BCUT2D eigenvalue weighted by molar-refractivity contribution is -0.139. The Labute approximate surface area is 215 Å². The molecule has 0 unspecified atom stereocenters. The number of halogens is 1. The second-order valence-electron chi connectivity index (χ2n) is 8.02. The van der Waals surface area contributed by atoms with E-state index in [4.69, 9.17) is 25.8 Å². The normalized spacial score (nSPS) is 15.7. The van der Waals surface area contributed by atoms with Crippen molar-refractivity contribution in [3.05, 3.63) is 76.1 Å². The molecule has 35 heavy (non-hydrogen) atoms. The number of hydrogen-bond acceptors (Lipinski definition) is 8. The second kappa shape index (κ2) is 10.4. The predicted molar refractivity (Wildman–Crippen MR) is 138 cm³/mol. The largest absolute Gasteiger partial charge is 0.493 e. The number of carbonyl (C=O) groups is 1. The van der Waals surface area contributed by atoms with Gasteiger partial charge in [0.1, 0.15) is 6.04 Å². The van der Waals surface area contributed by atoms with Crippen LogP contribution in [-0.2, 0) is 9.53 Å². The zero-order valence-electron chi connectivity index (χ0n) is 20.0. The fourth-order valence-electron chi connectivity index (χ4n) is 3.83. The molecule has 2 aromatic heterocycles. The van der Waals surface area contributed by atoms with Gasteiger partial charge >= 0.3 is 5.97 Å². The fourth-order valence-corrected chi connectivity index (χ4v) is 5.97. The van der Waals surface area contributed by atoms with E-state index in [1.54, 1.807) is 36.6 Å². The molecule has 0 spiro atoms. The van der Waals surface area contributed by atoms with Gasteiger partial charge in [-0.15, -0.1) is 11.3 Å². The van der Waals surface area contributed by atoms with Crippen LogP contribution in [0, 0.1) is 0 Å². The Morgan fingerprint density at radius 3 is 2.74 bits per heavy atom. The summed E-state index contributed by atoms with van der Waals surface area (Å²) in [5.74, 6) is 0.455. The lowest BCUT2D eigenvalue weighted by Crippen LogP contribution is -2.39. The quantitative estimate of drug-likeness (QED) is 0.424. The van der Waals surface area contributed by atoms with E-state index in [0.717, 1.165) is 4.88 Å². The number of aromatic nitrogens is 1. The van der Waals surface area contributed by atoms with Crippen molar-refractivity contribution >= 4 is 46.3 Å². The average Bonchev–Trinajstić information content (AvgIpc) is 3.43. The number of allylic oxidation sites excluding steroid dienone is 1. The van der Waals surface area contributed by atoms with E-state index >= 15 is 0 Å². The van der Waals surface area contributed by atoms with Crippen molar-refractivity contribution in [1.82, 2.24) is 4.57 Å². The minimum Gasteiger partial charge on any atom is -0.493 e. The van der Waals surface area contributed by atoms with Crippen molar-refractivity contribution in [3.63, 3.8) is 0 Å². The van der Waals surface area contributed by atoms with Crippen LogP contribution in [0.2, 0.25) is 5.02 Å². The van der Waals surface area contributed by atoms with Gasteiger partial charge in [-0.05, 0) is 62.9 Å². The first-order valence-electron chi connectivity index (χ1n) is 11.0. The van der Waals surface area contributed by atoms with Gasteiger partial charge in [-0.2, -0.15) is 0 Å². The molecule has 3 aromatic rings. The molecule has 10 heteroatoms. The maximum atomic E-state index is 13.6. The summed E-state index contributed by atoms with van der Waals surface area (Å²) in [5, 5.41) is 2.30. The van der Waals surface area contributed by atoms with E-state index in [-0.39, 0.29) is 18.3 Å². The van der Waals surface area contributed by atoms with Crippen LogP contribution in [0.1, 0.15) is 44.2 Å². The molecular weight excluding hydrogens is 508 g/mol. The van der Waals surface area contributed by atoms with Gasteiger partial charge in [-0.25, -0.2) is 9.79 Å². The smallest absolute Gasteiger partial charge is 0.338 e. The van der Waals surface area contributed by atoms with Crippen molar-refractivity contribution < 1.29 is 19.0 Å². The molecule has 1 aromatic carbocycles. The molecule has 4 rings (SSSR count). The average molecular weight is 533 g/mol. The Kier molecular flexibility index (Phi) is 7.49. The molecule has 184 valence electrons. The van der Waals surface area contributed by atoms with Crippen LogP contribution in [0.4, 0.5) is 0 Å². The molecule has 0 saturated carbocycles. The minimum atomic E-state index is -0.604. The summed E-state index contributed by atoms with van der Waals surface area (Å²) < 4.78 is 18.6. The van der Waals surface area contributed by atoms with Gasteiger partial charge in [0.2, 0.25) is 0 Å². The molecule has 0 saturated heterocycles. The van der Waals surface area contributed by atoms with E-state index in [9.17, 15) is 9.59 Å². The van der Waals surface area contributed by atoms with Crippen LogP contribution in [0.5, 0.6) is 11.5 Å². The number of thiophene rings is 1. The van der Waals surface area contributed by atoms with Gasteiger partial charge in [0.05, 0.1) is 40.6 Å². The number of ether oxygens (including phenoxy) is 3. The molecule has 7 nitrogen and oxygen atoms in total. The number of rotatable bonds is 7. The lowest BCUT2D eigenvalue weighted by Gasteiger charge is -2.23. The van der Waals surface area contributed by atoms with Crippen molar-refractivity contribution in [2.24, 2.45) is 4.99 Å². The van der Waals surface area contributed by atoms with Gasteiger partial charge < -0.3 is 14.2 Å². The fraction of sp³-hybridized carbons (Fsp3) is 0.320. The van der Waals surface area contributed by atoms with E-state index in [0.29, 0.717) is 42.7 Å². The summed E-state index contributed by atoms with van der Waals surface area (Å²) in [6.45, 7) is 7.56. The highest BCUT2D eigenvalue weighted by Gasteiger charge is 2.33. The van der Waals surface area contributed by atoms with Gasteiger partial charge in [-0.1, -0.05) is 29.0 Å². The summed E-state index contributed by atoms with van der Waals surface area (Å²) in [5.41, 5.74) is 1.34. The van der Waals surface area contributed by atoms with E-state index < -0.39 is 12.0 Å². The SMILES string of the molecule is CCOC(=O)C1=C(C)N=c2s/c(=C\c3cc(Cl)c(OC(C)C)c(OC)c3)c(=O)n2[C@@H]1c1cccs1. The number of thiazole rings is 1. The van der Waals surface area contributed by atoms with Crippen LogP contribution >= 0.6 is 34.3 Å². The monoisotopic (exact) mass is 532 g/mol. The molecule has 0 fully saturated rings. The van der Waals surface area contributed by atoms with E-state index in [1.165, 1.54) is 29.8 Å². The predicted octanol–water partition coefficient (Wildman–Crippen LogP) is 4.31. The molecule has 3 heterocycles. The van der Waals surface area contributed by atoms with Crippen LogP contribution in [-0.4, -0.2) is 30.4 Å².